The second-order valence-corrected chi connectivity index (χ2v) is 7.24. The van der Waals surface area contributed by atoms with Gasteiger partial charge in [-0.1, -0.05) is 23.2 Å². The van der Waals surface area contributed by atoms with Gasteiger partial charge >= 0.3 is 74.3 Å². The Labute approximate surface area is 174 Å². The molecule has 22 heavy (non-hydrogen) atoms. The van der Waals surface area contributed by atoms with Crippen LogP contribution in [0.3, 0.4) is 0 Å². The van der Waals surface area contributed by atoms with E-state index in [1.807, 2.05) is 0 Å². The smallest absolute Gasteiger partial charge is 1.00 e. The van der Waals surface area contributed by atoms with Crippen LogP contribution in [0, 0.1) is 0 Å². The molecule has 122 valence electrons. The van der Waals surface area contributed by atoms with Crippen LogP contribution in [0.15, 0.2) is 10.3 Å². The molecule has 14 heteroatoms. The van der Waals surface area contributed by atoms with Gasteiger partial charge in [0.2, 0.25) is 0 Å². The molecule has 0 rings (SSSR count). The molecule has 0 spiro atoms. The Balaban J connectivity index is -0.000000301. The van der Waals surface area contributed by atoms with Crippen molar-refractivity contribution in [3.8, 4) is 0 Å². The number of hydrogen-bond acceptors (Lipinski definition) is 6. The van der Waals surface area contributed by atoms with Crippen molar-refractivity contribution in [3.05, 3.63) is 0 Å². The molecule has 0 aromatic heterocycles. The summed E-state index contributed by atoms with van der Waals surface area (Å²) in [4.78, 5) is 35.1. The molecule has 0 amide bonds. The Morgan fingerprint density at radius 3 is 1.18 bits per heavy atom. The summed E-state index contributed by atoms with van der Waals surface area (Å²) in [6.07, 6.45) is 1.59. The standard InChI is InChI=1S/C8H18N2O8P2.2Na.2H/c11-9-7(19(13,14)15)5-3-1-2-4-6-8(10-12)20(16,17)18;;;;/h11-12H,1-6H2,(H2,13,14,15)(H2,16,17,18);;;;/q;2*+1;2*-1/b9-7-,10-8-;;;;. The third-order valence-electron chi connectivity index (χ3n) is 2.45. The van der Waals surface area contributed by atoms with Crippen molar-refractivity contribution < 1.29 is 101 Å². The van der Waals surface area contributed by atoms with E-state index in [9.17, 15) is 9.13 Å². The summed E-state index contributed by atoms with van der Waals surface area (Å²) in [5.74, 6) is 0. The second-order valence-electron chi connectivity index (χ2n) is 4.03. The SMILES string of the molecule is O=P(O)(O)/C(CCCCCC/C(=N/O)P(=O)(O)O)=N\O.[H-].[H-].[Na+].[Na+]. The first kappa shape index (κ1) is 28.1. The maximum absolute atomic E-state index is 10.8. The fraction of sp³-hybridized carbons (Fsp3) is 0.750. The van der Waals surface area contributed by atoms with Crippen molar-refractivity contribution in [2.75, 3.05) is 0 Å². The van der Waals surface area contributed by atoms with Gasteiger partial charge in [0.25, 0.3) is 0 Å². The average Bonchev–Trinajstić information content (AvgIpc) is 2.29. The third kappa shape index (κ3) is 12.6. The van der Waals surface area contributed by atoms with Gasteiger partial charge in [-0.05, 0) is 12.8 Å². The Morgan fingerprint density at radius 2 is 1.00 bits per heavy atom. The monoisotopic (exact) mass is 380 g/mol. The molecular formula is C8H20N2Na2O8P2. The van der Waals surface area contributed by atoms with E-state index in [-0.39, 0.29) is 74.8 Å². The zero-order valence-corrected chi connectivity index (χ0v) is 18.3. The van der Waals surface area contributed by atoms with Crippen LogP contribution < -0.4 is 59.1 Å². The Morgan fingerprint density at radius 1 is 0.727 bits per heavy atom. The predicted octanol–water partition coefficient (Wildman–Crippen LogP) is -4.51. The van der Waals surface area contributed by atoms with Crippen molar-refractivity contribution in [1.82, 2.24) is 0 Å². The van der Waals surface area contributed by atoms with Crippen LogP contribution in [0.5, 0.6) is 0 Å². The van der Waals surface area contributed by atoms with Gasteiger partial charge in [0.1, 0.15) is 0 Å². The Hall–Kier alpha value is 1.24. The number of oxime groups is 2. The molecule has 0 atom stereocenters. The summed E-state index contributed by atoms with van der Waals surface area (Å²) < 4.78 is 21.6. The van der Waals surface area contributed by atoms with Crippen LogP contribution in [0.1, 0.15) is 41.4 Å². The first-order valence-electron chi connectivity index (χ1n) is 5.67. The number of hydrogen-bond donors (Lipinski definition) is 6. The van der Waals surface area contributed by atoms with Gasteiger partial charge in [0, 0.05) is 12.8 Å². The van der Waals surface area contributed by atoms with E-state index >= 15 is 0 Å². The van der Waals surface area contributed by atoms with Crippen LogP contribution >= 0.6 is 15.2 Å². The Kier molecular flexibility index (Phi) is 17.2. The van der Waals surface area contributed by atoms with E-state index in [0.29, 0.717) is 25.7 Å². The molecule has 0 unspecified atom stereocenters. The van der Waals surface area contributed by atoms with E-state index in [0.717, 1.165) is 0 Å². The molecule has 0 aliphatic carbocycles. The molecule has 0 aliphatic rings. The summed E-state index contributed by atoms with van der Waals surface area (Å²) in [5, 5.41) is 21.9. The van der Waals surface area contributed by atoms with Gasteiger partial charge in [-0.3, -0.25) is 9.13 Å². The summed E-state index contributed by atoms with van der Waals surface area (Å²) in [6.45, 7) is 0. The molecule has 0 bridgehead atoms. The first-order valence-corrected chi connectivity index (χ1v) is 8.89. The normalized spacial score (nSPS) is 13.3. The number of nitrogens with zero attached hydrogens (tertiary/aromatic N) is 2. The predicted molar refractivity (Wildman–Crippen MR) is 72.5 cm³/mol. The minimum atomic E-state index is -4.53. The quantitative estimate of drug-likeness (QED) is 0.0578. The van der Waals surface area contributed by atoms with Gasteiger partial charge in [-0.2, -0.15) is 0 Å². The van der Waals surface area contributed by atoms with E-state index in [1.165, 1.54) is 0 Å². The molecule has 6 N–H and O–H groups in total. The van der Waals surface area contributed by atoms with Crippen molar-refractivity contribution in [2.45, 2.75) is 38.5 Å². The number of rotatable bonds is 9. The van der Waals surface area contributed by atoms with Crippen LogP contribution in [0.4, 0.5) is 0 Å². The summed E-state index contributed by atoms with van der Waals surface area (Å²) in [6, 6.07) is 0. The molecule has 0 heterocycles. The largest absolute Gasteiger partial charge is 1.00 e. The fourth-order valence-electron chi connectivity index (χ4n) is 1.43. The molecule has 0 aromatic carbocycles. The van der Waals surface area contributed by atoms with E-state index in [2.05, 4.69) is 10.3 Å². The van der Waals surface area contributed by atoms with Crippen molar-refractivity contribution in [1.29, 1.82) is 0 Å². The van der Waals surface area contributed by atoms with Crippen LogP contribution in [0.25, 0.3) is 0 Å². The van der Waals surface area contributed by atoms with Crippen LogP contribution in [-0.2, 0) is 9.13 Å². The van der Waals surface area contributed by atoms with Gasteiger partial charge in [-0.15, -0.1) is 0 Å². The summed E-state index contributed by atoms with van der Waals surface area (Å²) >= 11 is 0. The molecule has 0 aromatic rings. The topological polar surface area (TPSA) is 180 Å². The van der Waals surface area contributed by atoms with E-state index < -0.39 is 26.1 Å². The fourth-order valence-corrected chi connectivity index (χ4v) is 2.56. The van der Waals surface area contributed by atoms with Gasteiger partial charge in [0.15, 0.2) is 10.9 Å². The van der Waals surface area contributed by atoms with E-state index in [1.54, 1.807) is 0 Å². The van der Waals surface area contributed by atoms with Crippen molar-refractivity contribution in [2.24, 2.45) is 10.3 Å². The zero-order chi connectivity index (χ0) is 15.8. The molecular weight excluding hydrogens is 360 g/mol. The molecule has 10 nitrogen and oxygen atoms in total. The maximum Gasteiger partial charge on any atom is 1.00 e. The zero-order valence-electron chi connectivity index (χ0n) is 14.5. The maximum atomic E-state index is 10.8. The summed E-state index contributed by atoms with van der Waals surface area (Å²) in [7, 11) is -9.06. The van der Waals surface area contributed by atoms with Crippen LogP contribution in [-0.4, -0.2) is 40.9 Å². The molecule has 0 aliphatic heterocycles. The minimum Gasteiger partial charge on any atom is -1.00 e. The number of unbranched alkanes of at least 4 members (excludes halogenated alkanes) is 3. The van der Waals surface area contributed by atoms with Crippen molar-refractivity contribution in [3.63, 3.8) is 0 Å². The molecule has 0 saturated heterocycles. The van der Waals surface area contributed by atoms with Crippen LogP contribution in [0.2, 0.25) is 0 Å². The summed E-state index contributed by atoms with van der Waals surface area (Å²) in [5.41, 5.74) is -1.18. The van der Waals surface area contributed by atoms with Gasteiger partial charge in [0.05, 0.1) is 0 Å². The minimum absolute atomic E-state index is 0. The molecule has 0 saturated carbocycles. The molecule has 0 radical (unpaired) electrons. The third-order valence-corrected chi connectivity index (χ3v) is 4.43. The Bertz CT molecular complexity index is 429. The second kappa shape index (κ2) is 13.5. The van der Waals surface area contributed by atoms with Gasteiger partial charge in [-0.25, -0.2) is 0 Å². The van der Waals surface area contributed by atoms with Crippen molar-refractivity contribution >= 4 is 26.1 Å². The van der Waals surface area contributed by atoms with Gasteiger partial charge < -0.3 is 32.8 Å². The van der Waals surface area contributed by atoms with E-state index in [4.69, 9.17) is 30.0 Å². The first-order chi connectivity index (χ1) is 9.12. The molecule has 0 fully saturated rings. The average molecular weight is 380 g/mol.